The van der Waals surface area contributed by atoms with Gasteiger partial charge in [-0.25, -0.2) is 8.78 Å². The Hall–Kier alpha value is -0.750. The van der Waals surface area contributed by atoms with E-state index in [-0.39, 0.29) is 31.6 Å². The molecule has 1 unspecified atom stereocenters. The van der Waals surface area contributed by atoms with Crippen LogP contribution in [0.4, 0.5) is 8.78 Å². The number of aliphatic hydroxyl groups excluding tert-OH is 1. The third-order valence-corrected chi connectivity index (χ3v) is 2.57. The minimum Gasteiger partial charge on any atom is -0.395 e. The van der Waals surface area contributed by atoms with Gasteiger partial charge < -0.3 is 10.4 Å². The molecule has 0 bridgehead atoms. The summed E-state index contributed by atoms with van der Waals surface area (Å²) in [5, 5.41) is 11.4. The summed E-state index contributed by atoms with van der Waals surface area (Å²) >= 11 is 0. The van der Waals surface area contributed by atoms with Crippen LogP contribution in [0, 0.1) is 5.92 Å². The van der Waals surface area contributed by atoms with Crippen molar-refractivity contribution < 1.29 is 18.7 Å². The Balaban J connectivity index is 4.11. The third-order valence-electron chi connectivity index (χ3n) is 2.57. The number of amides is 1. The molecular weight excluding hydrogens is 230 g/mol. The summed E-state index contributed by atoms with van der Waals surface area (Å²) in [6, 6.07) is 0.00465. The Morgan fingerprint density at radius 2 is 1.94 bits per heavy atom. The maximum atomic E-state index is 12.2. The van der Waals surface area contributed by atoms with Gasteiger partial charge in [-0.15, -0.1) is 0 Å². The van der Waals surface area contributed by atoms with E-state index in [0.29, 0.717) is 5.92 Å². The lowest BCUT2D eigenvalue weighted by Gasteiger charge is -2.23. The number of carbonyl (C=O) groups excluding carboxylic acids is 1. The molecule has 0 aromatic rings. The number of nitrogens with one attached hydrogen (secondary N) is 1. The number of hydrogen-bond donors (Lipinski definition) is 2. The molecule has 0 saturated carbocycles. The molecule has 0 fully saturated rings. The average molecular weight is 252 g/mol. The SMILES string of the molecule is CC(C)C(C)NC(=O)CN(CCO)CC(F)F. The summed E-state index contributed by atoms with van der Waals surface area (Å²) in [6.07, 6.45) is -2.50. The van der Waals surface area contributed by atoms with Crippen LogP contribution < -0.4 is 5.32 Å². The van der Waals surface area contributed by atoms with Gasteiger partial charge in [-0.1, -0.05) is 13.8 Å². The second kappa shape index (κ2) is 8.36. The van der Waals surface area contributed by atoms with Crippen molar-refractivity contribution in [1.29, 1.82) is 0 Å². The molecule has 0 saturated heterocycles. The zero-order valence-electron chi connectivity index (χ0n) is 10.6. The highest BCUT2D eigenvalue weighted by molar-refractivity contribution is 5.78. The predicted octanol–water partition coefficient (Wildman–Crippen LogP) is 0.706. The highest BCUT2D eigenvalue weighted by Gasteiger charge is 2.17. The number of halogens is 2. The first-order chi connectivity index (χ1) is 7.86. The Kier molecular flexibility index (Phi) is 7.99. The van der Waals surface area contributed by atoms with Gasteiger partial charge in [0.05, 0.1) is 19.7 Å². The summed E-state index contributed by atoms with van der Waals surface area (Å²) in [6.45, 7) is 5.04. The normalized spacial score (nSPS) is 13.5. The Bertz CT molecular complexity index is 226. The summed E-state index contributed by atoms with van der Waals surface area (Å²) in [7, 11) is 0. The fourth-order valence-electron chi connectivity index (χ4n) is 1.24. The third kappa shape index (κ3) is 8.04. The number of alkyl halides is 2. The van der Waals surface area contributed by atoms with Gasteiger partial charge in [-0.3, -0.25) is 9.69 Å². The molecule has 4 nitrogen and oxygen atoms in total. The van der Waals surface area contributed by atoms with Crippen molar-refractivity contribution in [3.05, 3.63) is 0 Å². The number of nitrogens with zero attached hydrogens (tertiary/aromatic N) is 1. The molecule has 0 aliphatic heterocycles. The first-order valence-corrected chi connectivity index (χ1v) is 5.77. The standard InChI is InChI=1S/C11H22F2N2O2/c1-8(2)9(3)14-11(17)7-15(4-5-16)6-10(12)13/h8-10,16H,4-7H2,1-3H3,(H,14,17). The van der Waals surface area contributed by atoms with E-state index >= 15 is 0 Å². The van der Waals surface area contributed by atoms with Crippen molar-refractivity contribution >= 4 is 5.91 Å². The smallest absolute Gasteiger partial charge is 0.251 e. The summed E-state index contributed by atoms with van der Waals surface area (Å²) in [4.78, 5) is 12.8. The molecule has 0 heterocycles. The lowest BCUT2D eigenvalue weighted by molar-refractivity contribution is -0.123. The second-order valence-electron chi connectivity index (χ2n) is 4.45. The Morgan fingerprint density at radius 1 is 1.35 bits per heavy atom. The number of hydrogen-bond acceptors (Lipinski definition) is 3. The number of rotatable bonds is 8. The molecule has 0 radical (unpaired) electrons. The maximum Gasteiger partial charge on any atom is 0.251 e. The van der Waals surface area contributed by atoms with E-state index in [0.717, 1.165) is 0 Å². The van der Waals surface area contributed by atoms with Crippen LogP contribution in [-0.4, -0.2) is 54.6 Å². The van der Waals surface area contributed by atoms with Gasteiger partial charge in [0.25, 0.3) is 6.43 Å². The molecular formula is C11H22F2N2O2. The van der Waals surface area contributed by atoms with Crippen molar-refractivity contribution in [3.63, 3.8) is 0 Å². The van der Waals surface area contributed by atoms with Crippen molar-refractivity contribution in [1.82, 2.24) is 10.2 Å². The molecule has 6 heteroatoms. The fourth-order valence-corrected chi connectivity index (χ4v) is 1.24. The van der Waals surface area contributed by atoms with E-state index in [4.69, 9.17) is 5.11 Å². The monoisotopic (exact) mass is 252 g/mol. The van der Waals surface area contributed by atoms with Gasteiger partial charge in [0, 0.05) is 12.6 Å². The van der Waals surface area contributed by atoms with Crippen LogP contribution in [0.25, 0.3) is 0 Å². The largest absolute Gasteiger partial charge is 0.395 e. The van der Waals surface area contributed by atoms with E-state index in [2.05, 4.69) is 5.32 Å². The molecule has 2 N–H and O–H groups in total. The lowest BCUT2D eigenvalue weighted by atomic mass is 10.1. The van der Waals surface area contributed by atoms with Gasteiger partial charge in [-0.2, -0.15) is 0 Å². The summed E-state index contributed by atoms with van der Waals surface area (Å²) in [5.41, 5.74) is 0. The minimum absolute atomic E-state index is 0.00465. The van der Waals surface area contributed by atoms with Crippen LogP contribution in [0.2, 0.25) is 0 Å². The average Bonchev–Trinajstić information content (AvgIpc) is 2.16. The summed E-state index contributed by atoms with van der Waals surface area (Å²) in [5.74, 6) is 0.000593. The lowest BCUT2D eigenvalue weighted by Crippen LogP contribution is -2.44. The van der Waals surface area contributed by atoms with Gasteiger partial charge >= 0.3 is 0 Å². The second-order valence-corrected chi connectivity index (χ2v) is 4.45. The van der Waals surface area contributed by atoms with Gasteiger partial charge in [0.1, 0.15) is 0 Å². The van der Waals surface area contributed by atoms with Gasteiger partial charge in [-0.05, 0) is 12.8 Å². The van der Waals surface area contributed by atoms with Crippen molar-refractivity contribution in [2.45, 2.75) is 33.2 Å². The first kappa shape index (κ1) is 16.2. The first-order valence-electron chi connectivity index (χ1n) is 5.77. The van der Waals surface area contributed by atoms with Gasteiger partial charge in [0.15, 0.2) is 0 Å². The zero-order valence-corrected chi connectivity index (χ0v) is 10.6. The fraction of sp³-hybridized carbons (Fsp3) is 0.909. The van der Waals surface area contributed by atoms with E-state index in [1.807, 2.05) is 20.8 Å². The van der Waals surface area contributed by atoms with Crippen LogP contribution in [0.3, 0.4) is 0 Å². The molecule has 0 aliphatic rings. The van der Waals surface area contributed by atoms with E-state index in [9.17, 15) is 13.6 Å². The van der Waals surface area contributed by atoms with Crippen molar-refractivity contribution in [3.8, 4) is 0 Å². The van der Waals surface area contributed by atoms with Crippen LogP contribution >= 0.6 is 0 Å². The topological polar surface area (TPSA) is 52.6 Å². The minimum atomic E-state index is -2.50. The van der Waals surface area contributed by atoms with E-state index in [1.54, 1.807) is 0 Å². The molecule has 0 aliphatic carbocycles. The molecule has 0 spiro atoms. The van der Waals surface area contributed by atoms with Crippen molar-refractivity contribution in [2.24, 2.45) is 5.92 Å². The molecule has 0 aromatic heterocycles. The quantitative estimate of drug-likeness (QED) is 0.669. The molecule has 0 aromatic carbocycles. The predicted molar refractivity (Wildman–Crippen MR) is 62.0 cm³/mol. The Morgan fingerprint density at radius 3 is 2.35 bits per heavy atom. The maximum absolute atomic E-state index is 12.2. The molecule has 1 atom stereocenters. The molecule has 1 amide bonds. The van der Waals surface area contributed by atoms with Crippen LogP contribution in [-0.2, 0) is 4.79 Å². The highest BCUT2D eigenvalue weighted by Crippen LogP contribution is 2.01. The highest BCUT2D eigenvalue weighted by atomic mass is 19.3. The Labute approximate surface area is 101 Å². The van der Waals surface area contributed by atoms with E-state index in [1.165, 1.54) is 4.90 Å². The molecule has 0 rings (SSSR count). The van der Waals surface area contributed by atoms with Gasteiger partial charge in [0.2, 0.25) is 5.91 Å². The number of aliphatic hydroxyl groups is 1. The van der Waals surface area contributed by atoms with E-state index < -0.39 is 13.0 Å². The zero-order chi connectivity index (χ0) is 13.4. The molecule has 17 heavy (non-hydrogen) atoms. The number of carbonyl (C=O) groups is 1. The summed E-state index contributed by atoms with van der Waals surface area (Å²) < 4.78 is 24.4. The molecule has 102 valence electrons. The van der Waals surface area contributed by atoms with Crippen LogP contribution in [0.5, 0.6) is 0 Å². The van der Waals surface area contributed by atoms with Crippen molar-refractivity contribution in [2.75, 3.05) is 26.2 Å². The van der Waals surface area contributed by atoms with Crippen LogP contribution in [0.1, 0.15) is 20.8 Å². The van der Waals surface area contributed by atoms with Crippen LogP contribution in [0.15, 0.2) is 0 Å².